The van der Waals surface area contributed by atoms with E-state index in [-0.39, 0.29) is 29.0 Å². The summed E-state index contributed by atoms with van der Waals surface area (Å²) in [7, 11) is 0. The van der Waals surface area contributed by atoms with Gasteiger partial charge in [0.05, 0.1) is 4.47 Å². The van der Waals surface area contributed by atoms with Crippen molar-refractivity contribution in [1.82, 2.24) is 15.0 Å². The van der Waals surface area contributed by atoms with Gasteiger partial charge in [-0.3, -0.25) is 0 Å². The van der Waals surface area contributed by atoms with Crippen molar-refractivity contribution in [2.24, 2.45) is 39.1 Å². The van der Waals surface area contributed by atoms with E-state index in [2.05, 4.69) is 276 Å². The Labute approximate surface area is 944 Å². The van der Waals surface area contributed by atoms with E-state index in [9.17, 15) is 28.5 Å². The number of hydrogen-bond donors (Lipinski definition) is 3. The average molecular weight is 2490 g/mol. The topological polar surface area (TPSA) is 140 Å². The van der Waals surface area contributed by atoms with Crippen molar-refractivity contribution in [1.29, 1.82) is 0 Å². The molecule has 4 fully saturated rings. The van der Waals surface area contributed by atoms with Crippen LogP contribution in [0.15, 0.2) is 232 Å². The molecular weight excluding hydrogens is 2320 g/mol. The summed E-state index contributed by atoms with van der Waals surface area (Å²) < 4.78 is 58.4. The molecule has 3 N–H and O–H groups in total. The second-order valence-corrected chi connectivity index (χ2v) is 51.1. The van der Waals surface area contributed by atoms with Crippen molar-refractivity contribution in [2.75, 3.05) is 0 Å². The van der Waals surface area contributed by atoms with Gasteiger partial charge in [0.15, 0.2) is 0 Å². The second-order valence-electron chi connectivity index (χ2n) is 45.7. The van der Waals surface area contributed by atoms with Crippen LogP contribution in [0, 0.1) is 97.8 Å². The first-order valence-electron chi connectivity index (χ1n) is 54.1. The fourth-order valence-electron chi connectivity index (χ4n) is 20.9. The van der Waals surface area contributed by atoms with E-state index >= 15 is 0 Å². The number of rotatable bonds is 15. The van der Waals surface area contributed by atoms with Crippen LogP contribution in [0.4, 0.5) is 24.5 Å². The van der Waals surface area contributed by atoms with E-state index in [4.69, 9.17) is 3.50 Å². The molecular formula is C133H168Br2F3Mo2N6O3W-5. The molecule has 0 aliphatic heterocycles. The molecule has 13 aromatic rings. The molecule has 9 nitrogen and oxygen atoms in total. The van der Waals surface area contributed by atoms with Gasteiger partial charge < -0.3 is 50.5 Å². The number of aromatic hydroxyl groups is 3. The molecule has 0 unspecified atom stereocenters. The van der Waals surface area contributed by atoms with Gasteiger partial charge in [0.2, 0.25) is 0 Å². The van der Waals surface area contributed by atoms with Crippen LogP contribution < -0.4 is 15.0 Å². The first-order valence-corrected chi connectivity index (χ1v) is 61.1. The molecule has 6 aliphatic rings. The van der Waals surface area contributed by atoms with Crippen LogP contribution in [-0.4, -0.2) is 29.7 Å². The Morgan fingerprint density at radius 1 is 0.400 bits per heavy atom. The molecule has 3 heterocycles. The first kappa shape index (κ1) is 125. The van der Waals surface area contributed by atoms with E-state index in [1.54, 1.807) is 6.07 Å². The van der Waals surface area contributed by atoms with E-state index in [1.165, 1.54) is 195 Å². The van der Waals surface area contributed by atoms with Crippen LogP contribution in [0.5, 0.6) is 17.2 Å². The fraction of sp³-hybridized carbons (Fsp3) is 0.429. The number of nitrogens with zero attached hydrogens (tertiary/aromatic N) is 6. The third-order valence-corrected chi connectivity index (χ3v) is 35.8. The van der Waals surface area contributed by atoms with Gasteiger partial charge in [-0.05, 0) is 206 Å². The Bertz CT molecular complexity index is 6320. The molecule has 0 saturated heterocycles. The maximum absolute atomic E-state index is 12.7. The summed E-state index contributed by atoms with van der Waals surface area (Å²) >= 11 is 7.55. The number of alkyl halides is 3. The summed E-state index contributed by atoms with van der Waals surface area (Å²) in [5, 5.41) is 33.4. The monoisotopic (exact) mass is 2490 g/mol. The summed E-state index contributed by atoms with van der Waals surface area (Å²) in [6, 6.07) is 69.9. The quantitative estimate of drug-likeness (QED) is 0.0690. The number of aryl methyl sites for hydroxylation is 9. The van der Waals surface area contributed by atoms with Crippen molar-refractivity contribution < 1.29 is 84.0 Å². The molecule has 10 aromatic carbocycles. The summed E-state index contributed by atoms with van der Waals surface area (Å²) in [6.45, 7) is 67.6. The van der Waals surface area contributed by atoms with Gasteiger partial charge >= 0.3 is 318 Å². The van der Waals surface area contributed by atoms with Crippen molar-refractivity contribution in [3.63, 3.8) is 0 Å². The molecule has 0 spiro atoms. The third kappa shape index (κ3) is 36.2. The van der Waals surface area contributed by atoms with Crippen LogP contribution in [0.1, 0.15) is 363 Å². The number of phenols is 3. The summed E-state index contributed by atoms with van der Waals surface area (Å²) in [4.78, 5) is 12.3. The molecule has 150 heavy (non-hydrogen) atoms. The zero-order chi connectivity index (χ0) is 111. The summed E-state index contributed by atoms with van der Waals surface area (Å²) in [6.07, 6.45) is 14.8. The summed E-state index contributed by atoms with van der Waals surface area (Å²) in [5.41, 5.74) is 36.3. The molecule has 17 heteroatoms. The molecule has 6 aliphatic carbocycles. The summed E-state index contributed by atoms with van der Waals surface area (Å²) in [5.74, 6) is 7.35. The number of hydrogen-bond acceptors (Lipinski definition) is 6. The van der Waals surface area contributed by atoms with Gasteiger partial charge in [-0.15, -0.1) is 0 Å². The number of para-hydroxylation sites is 2. The average Bonchev–Trinajstić information content (AvgIpc) is 1.26. The van der Waals surface area contributed by atoms with Gasteiger partial charge in [-0.25, -0.2) is 0 Å². The number of aromatic nitrogens is 3. The first-order chi connectivity index (χ1) is 70.8. The van der Waals surface area contributed by atoms with Gasteiger partial charge in [0.25, 0.3) is 0 Å². The van der Waals surface area contributed by atoms with Crippen molar-refractivity contribution in [3.8, 4) is 72.9 Å². The number of benzene rings is 10. The maximum atomic E-state index is 12.7. The Kier molecular flexibility index (Phi) is 48.5. The molecule has 0 atom stereocenters. The largest absolute Gasteiger partial charge is 0.665 e. The molecule has 4 bridgehead atoms. The van der Waals surface area contributed by atoms with Gasteiger partial charge in [0, 0.05) is 32.3 Å². The van der Waals surface area contributed by atoms with Crippen LogP contribution in [0.25, 0.3) is 55.6 Å². The minimum absolute atomic E-state index is 0.0128. The molecule has 19 rings (SSSR count). The Morgan fingerprint density at radius 3 is 1.10 bits per heavy atom. The zero-order valence-corrected chi connectivity index (χ0v) is 105. The van der Waals surface area contributed by atoms with Crippen LogP contribution in [0.3, 0.4) is 0 Å². The minimum Gasteiger partial charge on any atom is -0.665 e. The van der Waals surface area contributed by atoms with Crippen molar-refractivity contribution in [2.45, 2.75) is 343 Å². The van der Waals surface area contributed by atoms with E-state index in [1.807, 2.05) is 182 Å². The third-order valence-electron chi connectivity index (χ3n) is 27.8. The normalized spacial score (nSPS) is 15.6. The minimum atomic E-state index is -4.32. The molecule has 0 amide bonds. The predicted molar refractivity (Wildman–Crippen MR) is 628 cm³/mol. The van der Waals surface area contributed by atoms with Gasteiger partial charge in [0.1, 0.15) is 17.2 Å². The SMILES string of the molecule is CC(C)(C)[CH]=[Mo]=[N]C12CC3CC(CC(C3)C1)C2.CC(C)(C)[CH]=[Mo]=[N]c1ccccc1C(F)(F)F.CC(C)c1cccc(C(C)C)c1[N]=[W].Cc1c(Br)cc2c(c1-c1c(O)c(Br)cc3c1CCCC3)CCCC2.Cc1cc(C(C)C)c(-c2cccc(-c3c(C(C)C)cc(C(C)C)cc3C(C)C)c2O)c(C(C)C)c1.Cc1ccc(C)[n-]1.Cc1ccc(C)[n-]1.Cc1ccc(C)[n-]1.Oc1c(-c2ccccc2)cccc1-c1ccccc1.[CH2-]C[CH2-]. The van der Waals surface area contributed by atoms with Crippen LogP contribution in [0.2, 0.25) is 0 Å². The Morgan fingerprint density at radius 2 is 0.740 bits per heavy atom. The van der Waals surface area contributed by atoms with Crippen LogP contribution in [-0.2, 0) is 87.3 Å². The number of halogens is 5. The van der Waals surface area contributed by atoms with E-state index in [0.717, 1.165) is 134 Å². The van der Waals surface area contributed by atoms with E-state index < -0.39 is 29.7 Å². The van der Waals surface area contributed by atoms with Crippen LogP contribution >= 0.6 is 31.9 Å². The predicted octanol–water partition coefficient (Wildman–Crippen LogP) is 39.7. The maximum Gasteiger partial charge on any atom is 0.137 e. The van der Waals surface area contributed by atoms with Crippen molar-refractivity contribution >= 4 is 52.0 Å². The number of phenolic OH excluding ortho intramolecular Hbond substituents is 3. The zero-order valence-electron chi connectivity index (χ0n) is 94.8. The standard InChI is InChI=1S/C34H46O.C21H22Br2O.C18H14O.C12H17N.C10H15N.C7H4F3N.3C6H8N.2C5H10.C3H6.2Mo.W/c1-19(2)25-17-30(22(7)8)33(31(18-25)23(9)10)27-14-12-13-26(34(27)35)32-28(20(3)4)15-24(11)16-29(32)21(5)6;1-12-17(22)10-13-6-2-4-8-15(13)19(12)20-16-9-5-3-7-14(16)11-18(23)21(20)24;19-18-16(14-8-3-1-4-9-14)12-7-13-17(18)15-10-5-2-6-11-15;1-8(2)10-6-5-7-11(9(3)4)12(10)13;11-10-4-7-1-8(5-10)3-9(2-7)6-10;8-7(9,10)5-3-1-2-4-6(5)11;3*1-5-3-4-6(2)7-5;2*1-5(2,3)4;1-3-2;;;/h12-23,35H,1-11H3;10-11,24H,2-9H2,1H3;1-13,19H;5-9H,1-4H3;7-9H,1-6H2;1-4H;3*3-4H,1-2H3;2*1H,2-4H3;1-3H2;;;/q;;;;;;3*-1;;;-2;;;. The molecule has 0 radical (unpaired) electrons. The van der Waals surface area contributed by atoms with Gasteiger partial charge in [-0.1, -0.05) is 290 Å². The Hall–Kier alpha value is -8.61. The van der Waals surface area contributed by atoms with Gasteiger partial charge in [-0.2, -0.15) is 34.2 Å². The molecule has 3 aromatic heterocycles. The second kappa shape index (κ2) is 58.3. The fourth-order valence-corrected chi connectivity index (χ4v) is 26.2. The molecule has 806 valence electrons. The van der Waals surface area contributed by atoms with Crippen molar-refractivity contribution in [3.05, 3.63) is 347 Å². The van der Waals surface area contributed by atoms with E-state index in [0.29, 0.717) is 69.6 Å². The molecule has 4 saturated carbocycles. The number of fused-ring (bicyclic) bond motifs is 2. The smallest absolute Gasteiger partial charge is 0.137 e. The Balaban J connectivity index is 0.000000194.